The Bertz CT molecular complexity index is 482. The number of carbonyl (C=O) groups is 1. The summed E-state index contributed by atoms with van der Waals surface area (Å²) in [5.41, 5.74) is 0.761. The summed E-state index contributed by atoms with van der Waals surface area (Å²) in [6.45, 7) is 7.72. The van der Waals surface area contributed by atoms with Crippen LogP contribution in [0.15, 0.2) is 24.3 Å². The molecule has 4 nitrogen and oxygen atoms in total. The van der Waals surface area contributed by atoms with E-state index < -0.39 is 0 Å². The number of ether oxygens (including phenoxy) is 1. The molecule has 1 atom stereocenters. The lowest BCUT2D eigenvalue weighted by atomic mass is 9.95. The summed E-state index contributed by atoms with van der Waals surface area (Å²) in [6.07, 6.45) is 3.10. The maximum absolute atomic E-state index is 12.4. The van der Waals surface area contributed by atoms with Gasteiger partial charge in [-0.15, -0.1) is 0 Å². The molecular weight excluding hydrogens is 276 g/mol. The molecule has 1 unspecified atom stereocenters. The molecule has 1 saturated heterocycles. The van der Waals surface area contributed by atoms with Crippen LogP contribution < -0.4 is 10.1 Å². The molecule has 0 spiro atoms. The van der Waals surface area contributed by atoms with Crippen LogP contribution in [0.1, 0.15) is 33.1 Å². The summed E-state index contributed by atoms with van der Waals surface area (Å²) >= 11 is 0. The van der Waals surface area contributed by atoms with Crippen LogP contribution >= 0.6 is 0 Å². The van der Waals surface area contributed by atoms with Gasteiger partial charge in [0.2, 0.25) is 5.91 Å². The summed E-state index contributed by atoms with van der Waals surface area (Å²) in [6, 6.07) is 7.56. The van der Waals surface area contributed by atoms with Crippen LogP contribution in [0, 0.1) is 11.8 Å². The van der Waals surface area contributed by atoms with Crippen molar-refractivity contribution >= 4 is 11.6 Å². The molecule has 2 rings (SSSR count). The second kappa shape index (κ2) is 8.18. The lowest BCUT2D eigenvalue weighted by Gasteiger charge is -2.32. The van der Waals surface area contributed by atoms with E-state index in [-0.39, 0.29) is 11.8 Å². The lowest BCUT2D eigenvalue weighted by Crippen LogP contribution is -2.40. The van der Waals surface area contributed by atoms with E-state index in [4.69, 9.17) is 4.74 Å². The van der Waals surface area contributed by atoms with Gasteiger partial charge in [0.15, 0.2) is 0 Å². The minimum atomic E-state index is 0.109. The van der Waals surface area contributed by atoms with Crippen LogP contribution in [0.5, 0.6) is 5.75 Å². The molecule has 1 fully saturated rings. The Morgan fingerprint density at radius 1 is 1.36 bits per heavy atom. The highest BCUT2D eigenvalue weighted by molar-refractivity contribution is 5.94. The Morgan fingerprint density at radius 3 is 2.68 bits per heavy atom. The highest BCUT2D eigenvalue weighted by atomic mass is 16.5. The van der Waals surface area contributed by atoms with E-state index in [1.54, 1.807) is 7.11 Å². The predicted octanol–water partition coefficient (Wildman–Crippen LogP) is 3.39. The maximum atomic E-state index is 12.4. The van der Waals surface area contributed by atoms with Gasteiger partial charge in [0, 0.05) is 12.5 Å². The first kappa shape index (κ1) is 16.8. The molecule has 1 aliphatic rings. The molecule has 0 saturated carbocycles. The number of para-hydroxylation sites is 2. The van der Waals surface area contributed by atoms with Crippen LogP contribution in [0.25, 0.3) is 0 Å². The van der Waals surface area contributed by atoms with E-state index in [1.807, 2.05) is 24.3 Å². The van der Waals surface area contributed by atoms with Gasteiger partial charge >= 0.3 is 0 Å². The fourth-order valence-electron chi connectivity index (χ4n) is 2.93. The quantitative estimate of drug-likeness (QED) is 0.876. The number of hydrogen-bond donors (Lipinski definition) is 1. The van der Waals surface area contributed by atoms with Crippen LogP contribution in [-0.2, 0) is 4.79 Å². The number of rotatable bonds is 6. The van der Waals surface area contributed by atoms with E-state index in [1.165, 1.54) is 6.42 Å². The number of methoxy groups -OCH3 is 1. The zero-order valence-electron chi connectivity index (χ0n) is 14.0. The molecule has 122 valence electrons. The van der Waals surface area contributed by atoms with Crippen molar-refractivity contribution in [3.63, 3.8) is 0 Å². The molecule has 1 aromatic rings. The standard InChI is InChI=1S/C18H28N2O2/c1-4-14(2)13-20-11-9-15(10-12-20)18(21)19-16-7-5-6-8-17(16)22-3/h5-8,14-15H,4,9-13H2,1-3H3,(H,19,21). The fraction of sp³-hybridized carbons (Fsp3) is 0.611. The van der Waals surface area contributed by atoms with Crippen molar-refractivity contribution in [2.75, 3.05) is 32.1 Å². The number of likely N-dealkylation sites (tertiary alicyclic amines) is 1. The Labute approximate surface area is 133 Å². The third kappa shape index (κ3) is 4.47. The SMILES string of the molecule is CCC(C)CN1CCC(C(=O)Nc2ccccc2OC)CC1. The van der Waals surface area contributed by atoms with Gasteiger partial charge in [0.25, 0.3) is 0 Å². The van der Waals surface area contributed by atoms with Crippen LogP contribution in [0.2, 0.25) is 0 Å². The molecule has 1 heterocycles. The third-order valence-corrected chi connectivity index (χ3v) is 4.59. The van der Waals surface area contributed by atoms with Crippen LogP contribution in [-0.4, -0.2) is 37.6 Å². The van der Waals surface area contributed by atoms with Gasteiger partial charge in [-0.3, -0.25) is 4.79 Å². The van der Waals surface area contributed by atoms with Gasteiger partial charge in [0.1, 0.15) is 5.75 Å². The first-order valence-electron chi connectivity index (χ1n) is 8.30. The van der Waals surface area contributed by atoms with Crippen LogP contribution in [0.3, 0.4) is 0 Å². The molecule has 1 N–H and O–H groups in total. The van der Waals surface area contributed by atoms with E-state index in [0.717, 1.165) is 44.1 Å². The number of benzene rings is 1. The monoisotopic (exact) mass is 304 g/mol. The summed E-state index contributed by atoms with van der Waals surface area (Å²) in [5, 5.41) is 3.02. The summed E-state index contributed by atoms with van der Waals surface area (Å²) in [7, 11) is 1.62. The average molecular weight is 304 g/mol. The van der Waals surface area contributed by atoms with Gasteiger partial charge < -0.3 is 15.0 Å². The summed E-state index contributed by atoms with van der Waals surface area (Å²) in [5.74, 6) is 1.68. The highest BCUT2D eigenvalue weighted by Crippen LogP contribution is 2.26. The molecule has 1 aliphatic heterocycles. The van der Waals surface area contributed by atoms with Crippen molar-refractivity contribution in [3.8, 4) is 5.75 Å². The zero-order chi connectivity index (χ0) is 15.9. The third-order valence-electron chi connectivity index (χ3n) is 4.59. The largest absolute Gasteiger partial charge is 0.495 e. The van der Waals surface area contributed by atoms with E-state index in [9.17, 15) is 4.79 Å². The van der Waals surface area contributed by atoms with Gasteiger partial charge in [-0.25, -0.2) is 0 Å². The Kier molecular flexibility index (Phi) is 6.25. The number of piperidine rings is 1. The molecule has 4 heteroatoms. The molecule has 1 amide bonds. The number of hydrogen-bond acceptors (Lipinski definition) is 3. The van der Waals surface area contributed by atoms with E-state index in [0.29, 0.717) is 5.75 Å². The molecule has 0 aromatic heterocycles. The minimum absolute atomic E-state index is 0.109. The average Bonchev–Trinajstić information content (AvgIpc) is 2.55. The Hall–Kier alpha value is -1.55. The van der Waals surface area contributed by atoms with Crippen molar-refractivity contribution in [2.45, 2.75) is 33.1 Å². The Balaban J connectivity index is 1.85. The van der Waals surface area contributed by atoms with Gasteiger partial charge in [-0.1, -0.05) is 32.4 Å². The first-order valence-corrected chi connectivity index (χ1v) is 8.30. The molecule has 0 aliphatic carbocycles. The number of anilines is 1. The fourth-order valence-corrected chi connectivity index (χ4v) is 2.93. The van der Waals surface area contributed by atoms with Gasteiger partial charge in [0.05, 0.1) is 12.8 Å². The smallest absolute Gasteiger partial charge is 0.227 e. The van der Waals surface area contributed by atoms with E-state index in [2.05, 4.69) is 24.1 Å². The minimum Gasteiger partial charge on any atom is -0.495 e. The van der Waals surface area contributed by atoms with Gasteiger partial charge in [-0.2, -0.15) is 0 Å². The Morgan fingerprint density at radius 2 is 2.05 bits per heavy atom. The highest BCUT2D eigenvalue weighted by Gasteiger charge is 2.25. The first-order chi connectivity index (χ1) is 10.6. The number of amides is 1. The number of carbonyl (C=O) groups excluding carboxylic acids is 1. The topological polar surface area (TPSA) is 41.6 Å². The van der Waals surface area contributed by atoms with Crippen molar-refractivity contribution in [1.29, 1.82) is 0 Å². The van der Waals surface area contributed by atoms with Gasteiger partial charge in [-0.05, 0) is 44.0 Å². The molecule has 1 aromatic carbocycles. The second-order valence-corrected chi connectivity index (χ2v) is 6.28. The second-order valence-electron chi connectivity index (χ2n) is 6.28. The number of nitrogens with one attached hydrogen (secondary N) is 1. The van der Waals surface area contributed by atoms with Crippen molar-refractivity contribution in [1.82, 2.24) is 4.90 Å². The van der Waals surface area contributed by atoms with Crippen molar-refractivity contribution < 1.29 is 9.53 Å². The zero-order valence-corrected chi connectivity index (χ0v) is 14.0. The predicted molar refractivity (Wildman–Crippen MR) is 90.2 cm³/mol. The molecule has 0 bridgehead atoms. The molecular formula is C18H28N2O2. The van der Waals surface area contributed by atoms with Crippen LogP contribution in [0.4, 0.5) is 5.69 Å². The summed E-state index contributed by atoms with van der Waals surface area (Å²) < 4.78 is 5.28. The normalized spacial score (nSPS) is 18.0. The van der Waals surface area contributed by atoms with E-state index >= 15 is 0 Å². The lowest BCUT2D eigenvalue weighted by molar-refractivity contribution is -0.121. The van der Waals surface area contributed by atoms with Crippen molar-refractivity contribution in [3.05, 3.63) is 24.3 Å². The van der Waals surface area contributed by atoms with Crippen molar-refractivity contribution in [2.24, 2.45) is 11.8 Å². The number of nitrogens with zero attached hydrogens (tertiary/aromatic N) is 1. The molecule has 22 heavy (non-hydrogen) atoms. The summed E-state index contributed by atoms with van der Waals surface area (Å²) in [4.78, 5) is 14.9. The molecule has 0 radical (unpaired) electrons. The maximum Gasteiger partial charge on any atom is 0.227 e.